The Bertz CT molecular complexity index is 694. The Hall–Kier alpha value is -1.80. The molecule has 1 amide bonds. The molecule has 2 aromatic carbocycles. The molecule has 1 atom stereocenters. The molecule has 3 heteroatoms. The van der Waals surface area contributed by atoms with E-state index in [2.05, 4.69) is 57.3 Å². The van der Waals surface area contributed by atoms with Crippen LogP contribution in [0.5, 0.6) is 0 Å². The molecule has 26 heavy (non-hydrogen) atoms. The third-order valence-electron chi connectivity index (χ3n) is 5.15. The first-order valence-corrected chi connectivity index (χ1v) is 9.78. The van der Waals surface area contributed by atoms with E-state index >= 15 is 0 Å². The van der Waals surface area contributed by atoms with E-state index in [1.165, 1.54) is 5.56 Å². The van der Waals surface area contributed by atoms with Gasteiger partial charge in [0.2, 0.25) is 0 Å². The summed E-state index contributed by atoms with van der Waals surface area (Å²) in [6, 6.07) is 17.6. The summed E-state index contributed by atoms with van der Waals surface area (Å²) in [6.45, 7) is 9.70. The molecule has 0 aromatic heterocycles. The van der Waals surface area contributed by atoms with E-state index in [9.17, 15) is 4.79 Å². The molecule has 0 fully saturated rings. The fourth-order valence-electron chi connectivity index (χ4n) is 3.63. The van der Waals surface area contributed by atoms with Crippen LogP contribution in [0.1, 0.15) is 50.0 Å². The number of hydrogen-bond acceptors (Lipinski definition) is 1. The number of carbonyl (C=O) groups excluding carboxylic acids is 1. The number of amides is 1. The standard InChI is InChI=1S/C23H30ClNO/c1-17(2)14-23(18(3)4,15-19-8-6-5-7-9-19)16-25-22(26)20-10-12-21(24)13-11-20/h5-13,17-18H,14-16H2,1-4H3,(H,25,26). The quantitative estimate of drug-likeness (QED) is 0.605. The van der Waals surface area contributed by atoms with Crippen molar-refractivity contribution < 1.29 is 4.79 Å². The van der Waals surface area contributed by atoms with Gasteiger partial charge in [-0.25, -0.2) is 0 Å². The lowest BCUT2D eigenvalue weighted by molar-refractivity contribution is 0.0876. The van der Waals surface area contributed by atoms with Gasteiger partial charge < -0.3 is 5.32 Å². The summed E-state index contributed by atoms with van der Waals surface area (Å²) in [5.41, 5.74) is 2.00. The van der Waals surface area contributed by atoms with E-state index in [0.29, 0.717) is 29.0 Å². The van der Waals surface area contributed by atoms with E-state index in [0.717, 1.165) is 12.8 Å². The summed E-state index contributed by atoms with van der Waals surface area (Å²) in [4.78, 5) is 12.6. The van der Waals surface area contributed by atoms with Gasteiger partial charge in [-0.1, -0.05) is 69.6 Å². The molecule has 0 heterocycles. The molecule has 0 aliphatic rings. The second kappa shape index (κ2) is 9.23. The molecule has 0 radical (unpaired) electrons. The molecule has 0 saturated heterocycles. The molecular formula is C23H30ClNO. The van der Waals surface area contributed by atoms with Gasteiger partial charge in [0, 0.05) is 17.1 Å². The van der Waals surface area contributed by atoms with Crippen LogP contribution >= 0.6 is 11.6 Å². The summed E-state index contributed by atoms with van der Waals surface area (Å²) in [5.74, 6) is 0.979. The van der Waals surface area contributed by atoms with Crippen molar-refractivity contribution in [1.82, 2.24) is 5.32 Å². The molecule has 1 unspecified atom stereocenters. The minimum atomic E-state index is -0.0384. The molecule has 2 nitrogen and oxygen atoms in total. The summed E-state index contributed by atoms with van der Waals surface area (Å²) in [5, 5.41) is 3.82. The van der Waals surface area contributed by atoms with Crippen molar-refractivity contribution in [2.75, 3.05) is 6.54 Å². The first-order chi connectivity index (χ1) is 12.3. The number of rotatable bonds is 8. The van der Waals surface area contributed by atoms with Gasteiger partial charge in [0.15, 0.2) is 0 Å². The number of nitrogens with one attached hydrogen (secondary N) is 1. The number of benzene rings is 2. The zero-order chi connectivity index (χ0) is 19.2. The lowest BCUT2D eigenvalue weighted by Gasteiger charge is -2.40. The van der Waals surface area contributed by atoms with Crippen LogP contribution in [-0.4, -0.2) is 12.5 Å². The molecule has 0 bridgehead atoms. The smallest absolute Gasteiger partial charge is 0.251 e. The van der Waals surface area contributed by atoms with Gasteiger partial charge in [-0.05, 0) is 59.9 Å². The lowest BCUT2D eigenvalue weighted by atomic mass is 9.68. The Morgan fingerprint density at radius 1 is 1.00 bits per heavy atom. The zero-order valence-corrected chi connectivity index (χ0v) is 17.0. The predicted molar refractivity (Wildman–Crippen MR) is 111 cm³/mol. The highest BCUT2D eigenvalue weighted by molar-refractivity contribution is 6.30. The van der Waals surface area contributed by atoms with Crippen molar-refractivity contribution in [3.05, 3.63) is 70.7 Å². The molecule has 1 N–H and O–H groups in total. The summed E-state index contributed by atoms with van der Waals surface area (Å²) >= 11 is 5.92. The highest BCUT2D eigenvalue weighted by atomic mass is 35.5. The van der Waals surface area contributed by atoms with Crippen LogP contribution in [-0.2, 0) is 6.42 Å². The highest BCUT2D eigenvalue weighted by Gasteiger charge is 2.35. The third kappa shape index (κ3) is 5.60. The normalized spacial score (nSPS) is 13.7. The van der Waals surface area contributed by atoms with Crippen molar-refractivity contribution in [2.45, 2.75) is 40.5 Å². The Morgan fingerprint density at radius 3 is 2.15 bits per heavy atom. The van der Waals surface area contributed by atoms with E-state index in [1.807, 2.05) is 6.07 Å². The average Bonchev–Trinajstić information content (AvgIpc) is 2.60. The summed E-state index contributed by atoms with van der Waals surface area (Å²) < 4.78 is 0. The van der Waals surface area contributed by atoms with Crippen molar-refractivity contribution in [3.8, 4) is 0 Å². The van der Waals surface area contributed by atoms with Crippen LogP contribution < -0.4 is 5.32 Å². The van der Waals surface area contributed by atoms with Gasteiger partial charge in [-0.3, -0.25) is 4.79 Å². The summed E-state index contributed by atoms with van der Waals surface area (Å²) in [7, 11) is 0. The maximum absolute atomic E-state index is 12.6. The number of halogens is 1. The fraction of sp³-hybridized carbons (Fsp3) is 0.435. The average molecular weight is 372 g/mol. The molecular weight excluding hydrogens is 342 g/mol. The predicted octanol–water partition coefficient (Wildman–Crippen LogP) is 6.00. The maximum atomic E-state index is 12.6. The van der Waals surface area contributed by atoms with E-state index in [1.54, 1.807) is 24.3 Å². The molecule has 2 aromatic rings. The third-order valence-corrected chi connectivity index (χ3v) is 5.40. The van der Waals surface area contributed by atoms with Crippen molar-refractivity contribution in [1.29, 1.82) is 0 Å². The van der Waals surface area contributed by atoms with Gasteiger partial charge in [-0.15, -0.1) is 0 Å². The van der Waals surface area contributed by atoms with Crippen LogP contribution in [0.25, 0.3) is 0 Å². The van der Waals surface area contributed by atoms with Crippen LogP contribution in [0, 0.1) is 17.3 Å². The molecule has 0 saturated carbocycles. The second-order valence-electron chi connectivity index (χ2n) is 7.97. The van der Waals surface area contributed by atoms with Gasteiger partial charge >= 0.3 is 0 Å². The SMILES string of the molecule is CC(C)CC(CNC(=O)c1ccc(Cl)cc1)(Cc1ccccc1)C(C)C. The van der Waals surface area contributed by atoms with Crippen LogP contribution in [0.15, 0.2) is 54.6 Å². The Labute approximate surface area is 163 Å². The van der Waals surface area contributed by atoms with Gasteiger partial charge in [0.05, 0.1) is 0 Å². The second-order valence-corrected chi connectivity index (χ2v) is 8.40. The van der Waals surface area contributed by atoms with Crippen molar-refractivity contribution in [3.63, 3.8) is 0 Å². The number of carbonyl (C=O) groups is 1. The van der Waals surface area contributed by atoms with Crippen LogP contribution in [0.3, 0.4) is 0 Å². The summed E-state index contributed by atoms with van der Waals surface area (Å²) in [6.07, 6.45) is 2.03. The minimum Gasteiger partial charge on any atom is -0.351 e. The van der Waals surface area contributed by atoms with Crippen molar-refractivity contribution in [2.24, 2.45) is 17.3 Å². The molecule has 2 rings (SSSR count). The van der Waals surface area contributed by atoms with Crippen molar-refractivity contribution >= 4 is 17.5 Å². The first-order valence-electron chi connectivity index (χ1n) is 9.40. The Morgan fingerprint density at radius 2 is 1.62 bits per heavy atom. The Kier molecular flexibility index (Phi) is 7.28. The lowest BCUT2D eigenvalue weighted by Crippen LogP contribution is -2.43. The maximum Gasteiger partial charge on any atom is 0.251 e. The minimum absolute atomic E-state index is 0.0254. The number of hydrogen-bond donors (Lipinski definition) is 1. The molecule has 0 aliphatic carbocycles. The van der Waals surface area contributed by atoms with Crippen LogP contribution in [0.2, 0.25) is 5.02 Å². The van der Waals surface area contributed by atoms with Gasteiger partial charge in [0.1, 0.15) is 0 Å². The topological polar surface area (TPSA) is 29.1 Å². The first kappa shape index (κ1) is 20.5. The van der Waals surface area contributed by atoms with E-state index in [4.69, 9.17) is 11.6 Å². The largest absolute Gasteiger partial charge is 0.351 e. The monoisotopic (exact) mass is 371 g/mol. The Balaban J connectivity index is 2.19. The fourth-order valence-corrected chi connectivity index (χ4v) is 3.75. The van der Waals surface area contributed by atoms with E-state index < -0.39 is 0 Å². The van der Waals surface area contributed by atoms with Gasteiger partial charge in [0.25, 0.3) is 5.91 Å². The molecule has 0 spiro atoms. The molecule has 140 valence electrons. The van der Waals surface area contributed by atoms with Gasteiger partial charge in [-0.2, -0.15) is 0 Å². The highest BCUT2D eigenvalue weighted by Crippen LogP contribution is 2.38. The van der Waals surface area contributed by atoms with Crippen LogP contribution in [0.4, 0.5) is 0 Å². The zero-order valence-electron chi connectivity index (χ0n) is 16.3. The van der Waals surface area contributed by atoms with E-state index in [-0.39, 0.29) is 11.3 Å². The molecule has 0 aliphatic heterocycles.